The molecule has 1 unspecified atom stereocenters. The molecule has 0 aromatic heterocycles. The molecule has 1 heterocycles. The molecule has 1 aromatic carbocycles. The largest absolute Gasteiger partial charge is 0.490 e. The summed E-state index contributed by atoms with van der Waals surface area (Å²) in [6.45, 7) is 3.68. The van der Waals surface area contributed by atoms with Gasteiger partial charge in [0.2, 0.25) is 10.0 Å². The van der Waals surface area contributed by atoms with Gasteiger partial charge in [-0.1, -0.05) is 0 Å². The Balaban J connectivity index is 2.30. The second-order valence-corrected chi connectivity index (χ2v) is 7.06. The number of sulfonamides is 1. The van der Waals surface area contributed by atoms with E-state index in [9.17, 15) is 12.8 Å². The first-order valence-corrected chi connectivity index (χ1v) is 8.54. The molecule has 1 aromatic rings. The summed E-state index contributed by atoms with van der Waals surface area (Å²) in [6, 6.07) is 3.57. The van der Waals surface area contributed by atoms with Crippen LogP contribution in [0.3, 0.4) is 0 Å². The first-order chi connectivity index (χ1) is 10.4. The summed E-state index contributed by atoms with van der Waals surface area (Å²) in [6.07, 6.45) is 0. The Hall–Kier alpha value is -1.22. The van der Waals surface area contributed by atoms with E-state index in [-0.39, 0.29) is 23.3 Å². The molecule has 22 heavy (non-hydrogen) atoms. The number of hydrogen-bond donors (Lipinski definition) is 1. The van der Waals surface area contributed by atoms with Crippen LogP contribution in [0.5, 0.6) is 5.75 Å². The molecule has 0 saturated carbocycles. The molecule has 1 fully saturated rings. The van der Waals surface area contributed by atoms with E-state index in [0.29, 0.717) is 26.2 Å². The molecule has 1 saturated heterocycles. The minimum Gasteiger partial charge on any atom is -0.490 e. The molecule has 1 aliphatic rings. The van der Waals surface area contributed by atoms with Gasteiger partial charge < -0.3 is 14.8 Å². The average Bonchev–Trinajstić information content (AvgIpc) is 2.49. The summed E-state index contributed by atoms with van der Waals surface area (Å²) in [5, 5.41) is 3.18. The van der Waals surface area contributed by atoms with Gasteiger partial charge in [-0.25, -0.2) is 12.8 Å². The molecule has 0 spiro atoms. The average molecular weight is 332 g/mol. The third-order valence-electron chi connectivity index (χ3n) is 3.40. The normalized spacial score (nSPS) is 20.0. The van der Waals surface area contributed by atoms with Gasteiger partial charge in [0.15, 0.2) is 0 Å². The second-order valence-electron chi connectivity index (χ2n) is 5.15. The number of benzene rings is 1. The van der Waals surface area contributed by atoms with E-state index in [4.69, 9.17) is 9.47 Å². The zero-order valence-electron chi connectivity index (χ0n) is 12.7. The fraction of sp³-hybridized carbons (Fsp3) is 0.571. The number of methoxy groups -OCH3 is 1. The third-order valence-corrected chi connectivity index (χ3v) is 5.29. The number of piperazine rings is 1. The van der Waals surface area contributed by atoms with Gasteiger partial charge in [0, 0.05) is 32.8 Å². The van der Waals surface area contributed by atoms with Crippen molar-refractivity contribution in [2.24, 2.45) is 0 Å². The summed E-state index contributed by atoms with van der Waals surface area (Å²) in [7, 11) is -2.28. The monoisotopic (exact) mass is 332 g/mol. The maximum Gasteiger partial charge on any atom is 0.246 e. The van der Waals surface area contributed by atoms with E-state index in [1.54, 1.807) is 0 Å². The van der Waals surface area contributed by atoms with Crippen LogP contribution in [0, 0.1) is 5.82 Å². The van der Waals surface area contributed by atoms with E-state index in [2.05, 4.69) is 5.32 Å². The molecule has 2 rings (SSSR count). The lowest BCUT2D eigenvalue weighted by Crippen LogP contribution is -2.51. The maximum absolute atomic E-state index is 13.5. The standard InChI is InChI=1S/C14H21FN2O4S/c1-11-10-17(6-5-16-11)22(18,19)14-9-12(15)3-4-13(14)21-8-7-20-2/h3-4,9,11,16H,5-8,10H2,1-2H3. The summed E-state index contributed by atoms with van der Waals surface area (Å²) >= 11 is 0. The number of rotatable bonds is 6. The second kappa shape index (κ2) is 7.36. The van der Waals surface area contributed by atoms with Gasteiger partial charge in [-0.2, -0.15) is 4.31 Å². The lowest BCUT2D eigenvalue weighted by molar-refractivity contribution is 0.144. The van der Waals surface area contributed by atoms with Crippen molar-refractivity contribution in [2.75, 3.05) is 40.0 Å². The van der Waals surface area contributed by atoms with E-state index < -0.39 is 15.8 Å². The van der Waals surface area contributed by atoms with Crippen molar-refractivity contribution in [1.29, 1.82) is 0 Å². The van der Waals surface area contributed by atoms with Crippen molar-refractivity contribution in [3.8, 4) is 5.75 Å². The SMILES string of the molecule is COCCOc1ccc(F)cc1S(=O)(=O)N1CCNC(C)C1. The zero-order valence-corrected chi connectivity index (χ0v) is 13.5. The number of halogens is 1. The Morgan fingerprint density at radius 3 is 2.86 bits per heavy atom. The molecule has 124 valence electrons. The summed E-state index contributed by atoms with van der Waals surface area (Å²) in [5.74, 6) is -0.467. The molecule has 0 bridgehead atoms. The Bertz CT molecular complexity index is 609. The Labute approximate surface area is 130 Å². The first-order valence-electron chi connectivity index (χ1n) is 7.10. The van der Waals surface area contributed by atoms with Crippen molar-refractivity contribution in [3.05, 3.63) is 24.0 Å². The minimum absolute atomic E-state index is 0.0509. The van der Waals surface area contributed by atoms with Crippen LogP contribution in [0.15, 0.2) is 23.1 Å². The van der Waals surface area contributed by atoms with Gasteiger partial charge in [-0.15, -0.1) is 0 Å². The molecule has 1 atom stereocenters. The van der Waals surface area contributed by atoms with Gasteiger partial charge in [0.25, 0.3) is 0 Å². The van der Waals surface area contributed by atoms with Crippen molar-refractivity contribution in [1.82, 2.24) is 9.62 Å². The first kappa shape index (κ1) is 17.1. The quantitative estimate of drug-likeness (QED) is 0.782. The third kappa shape index (κ3) is 3.95. The summed E-state index contributed by atoms with van der Waals surface area (Å²) in [4.78, 5) is -0.141. The molecular weight excluding hydrogens is 311 g/mol. The zero-order chi connectivity index (χ0) is 16.2. The molecule has 0 radical (unpaired) electrons. The lowest BCUT2D eigenvalue weighted by Gasteiger charge is -2.31. The summed E-state index contributed by atoms with van der Waals surface area (Å²) in [5.41, 5.74) is 0. The van der Waals surface area contributed by atoms with E-state index in [0.717, 1.165) is 6.07 Å². The highest BCUT2D eigenvalue weighted by Crippen LogP contribution is 2.28. The maximum atomic E-state index is 13.5. The van der Waals surface area contributed by atoms with Crippen LogP contribution in [0.1, 0.15) is 6.92 Å². The van der Waals surface area contributed by atoms with Crippen molar-refractivity contribution >= 4 is 10.0 Å². The smallest absolute Gasteiger partial charge is 0.246 e. The van der Waals surface area contributed by atoms with E-state index in [1.807, 2.05) is 6.92 Å². The van der Waals surface area contributed by atoms with Crippen molar-refractivity contribution < 1.29 is 22.3 Å². The molecule has 1 aliphatic heterocycles. The molecule has 6 nitrogen and oxygen atoms in total. The Kier molecular flexibility index (Phi) is 5.74. The van der Waals surface area contributed by atoms with Crippen LogP contribution in [-0.4, -0.2) is 58.7 Å². The molecule has 0 aliphatic carbocycles. The van der Waals surface area contributed by atoms with Crippen molar-refractivity contribution in [2.45, 2.75) is 17.9 Å². The Morgan fingerprint density at radius 2 is 2.18 bits per heavy atom. The molecule has 8 heteroatoms. The highest BCUT2D eigenvalue weighted by atomic mass is 32.2. The van der Waals surface area contributed by atoms with Gasteiger partial charge in [-0.3, -0.25) is 0 Å². The highest BCUT2D eigenvalue weighted by Gasteiger charge is 2.31. The number of nitrogens with zero attached hydrogens (tertiary/aromatic N) is 1. The van der Waals surface area contributed by atoms with Gasteiger partial charge in [-0.05, 0) is 25.1 Å². The predicted molar refractivity (Wildman–Crippen MR) is 80.0 cm³/mol. The van der Waals surface area contributed by atoms with Gasteiger partial charge in [0.1, 0.15) is 23.1 Å². The number of hydrogen-bond acceptors (Lipinski definition) is 5. The fourth-order valence-electron chi connectivity index (χ4n) is 2.29. The highest BCUT2D eigenvalue weighted by molar-refractivity contribution is 7.89. The minimum atomic E-state index is -3.80. The van der Waals surface area contributed by atoms with Crippen LogP contribution < -0.4 is 10.1 Å². The van der Waals surface area contributed by atoms with Crippen LogP contribution in [-0.2, 0) is 14.8 Å². The Morgan fingerprint density at radius 1 is 1.41 bits per heavy atom. The van der Waals surface area contributed by atoms with E-state index >= 15 is 0 Å². The topological polar surface area (TPSA) is 67.9 Å². The molecule has 0 amide bonds. The van der Waals surface area contributed by atoms with Crippen LogP contribution in [0.2, 0.25) is 0 Å². The fourth-order valence-corrected chi connectivity index (χ4v) is 3.96. The van der Waals surface area contributed by atoms with Crippen LogP contribution >= 0.6 is 0 Å². The van der Waals surface area contributed by atoms with E-state index in [1.165, 1.54) is 23.5 Å². The number of nitrogens with one attached hydrogen (secondary N) is 1. The molecular formula is C14H21FN2O4S. The number of ether oxygens (including phenoxy) is 2. The lowest BCUT2D eigenvalue weighted by atomic mass is 10.3. The predicted octanol–water partition coefficient (Wildman–Crippen LogP) is 0.833. The molecule has 1 N–H and O–H groups in total. The van der Waals surface area contributed by atoms with Gasteiger partial charge in [0.05, 0.1) is 6.61 Å². The van der Waals surface area contributed by atoms with Crippen molar-refractivity contribution in [3.63, 3.8) is 0 Å². The summed E-state index contributed by atoms with van der Waals surface area (Å²) < 4.78 is 50.7. The van der Waals surface area contributed by atoms with Crippen LogP contribution in [0.25, 0.3) is 0 Å². The van der Waals surface area contributed by atoms with Crippen LogP contribution in [0.4, 0.5) is 4.39 Å². The van der Waals surface area contributed by atoms with Gasteiger partial charge >= 0.3 is 0 Å².